The predicted molar refractivity (Wildman–Crippen MR) is 114 cm³/mol. The van der Waals surface area contributed by atoms with Crippen LogP contribution in [0, 0.1) is 0 Å². The zero-order valence-electron chi connectivity index (χ0n) is 14.3. The topological polar surface area (TPSA) is 65.9 Å². The van der Waals surface area contributed by atoms with Crippen molar-refractivity contribution in [3.05, 3.63) is 39.2 Å². The molecule has 0 aliphatic rings. The van der Waals surface area contributed by atoms with Crippen LogP contribution in [0.1, 0.15) is 18.9 Å². The minimum Gasteiger partial charge on any atom is -0.506 e. The van der Waals surface area contributed by atoms with Gasteiger partial charge in [0.05, 0.1) is 26.2 Å². The molecular formula is C17H19Cl2N3O2S2. The molecule has 0 spiro atoms. The average molecular weight is 432 g/mol. The standard InChI is InChI=1S/C17H19Cl2N3O2S2/c1-10(21-22-17(25)20-6-3-7-24-2)12-9-26-16(15(12)23)11-4-5-13(18)14(19)8-11/h4-5,8-9,23H,3,6-7H2,1-2H3,(H2,20,22,25). The lowest BCUT2D eigenvalue weighted by Crippen LogP contribution is -2.33. The van der Waals surface area contributed by atoms with E-state index in [1.165, 1.54) is 11.3 Å². The molecule has 0 bridgehead atoms. The second-order valence-corrected chi connectivity index (χ2v) is 7.47. The van der Waals surface area contributed by atoms with Crippen LogP contribution in [0.15, 0.2) is 28.7 Å². The SMILES string of the molecule is COCCCNC(=S)NN=C(C)c1csc(-c2ccc(Cl)c(Cl)c2)c1O. The van der Waals surface area contributed by atoms with Crippen molar-refractivity contribution in [2.45, 2.75) is 13.3 Å². The number of thiophene rings is 1. The van der Waals surface area contributed by atoms with E-state index in [0.717, 1.165) is 12.0 Å². The minimum absolute atomic E-state index is 0.149. The monoisotopic (exact) mass is 431 g/mol. The molecule has 5 nitrogen and oxygen atoms in total. The number of methoxy groups -OCH3 is 1. The molecule has 0 aliphatic heterocycles. The first kappa shape index (κ1) is 20.9. The van der Waals surface area contributed by atoms with Crippen molar-refractivity contribution >= 4 is 57.6 Å². The average Bonchev–Trinajstić information content (AvgIpc) is 3.00. The first-order valence-electron chi connectivity index (χ1n) is 7.77. The Hall–Kier alpha value is -1.38. The summed E-state index contributed by atoms with van der Waals surface area (Å²) in [6.07, 6.45) is 0.847. The van der Waals surface area contributed by atoms with Crippen LogP contribution in [0.25, 0.3) is 10.4 Å². The number of rotatable bonds is 7. The zero-order chi connectivity index (χ0) is 19.1. The third-order valence-electron chi connectivity index (χ3n) is 3.47. The summed E-state index contributed by atoms with van der Waals surface area (Å²) in [6, 6.07) is 5.24. The number of halogens is 2. The molecule has 0 fully saturated rings. The Morgan fingerprint density at radius 1 is 1.35 bits per heavy atom. The lowest BCUT2D eigenvalue weighted by atomic mass is 10.1. The highest BCUT2D eigenvalue weighted by atomic mass is 35.5. The molecule has 2 rings (SSSR count). The number of ether oxygens (including phenoxy) is 1. The van der Waals surface area contributed by atoms with Gasteiger partial charge in [-0.1, -0.05) is 29.3 Å². The summed E-state index contributed by atoms with van der Waals surface area (Å²) >= 11 is 18.6. The first-order chi connectivity index (χ1) is 12.4. The molecule has 1 aromatic carbocycles. The van der Waals surface area contributed by atoms with Crippen molar-refractivity contribution < 1.29 is 9.84 Å². The highest BCUT2D eigenvalue weighted by Gasteiger charge is 2.15. The Bertz CT molecular complexity index is 809. The molecule has 2 aromatic rings. The number of nitrogens with one attached hydrogen (secondary N) is 2. The maximum absolute atomic E-state index is 10.5. The maximum atomic E-state index is 10.5. The van der Waals surface area contributed by atoms with E-state index in [0.29, 0.717) is 44.5 Å². The zero-order valence-corrected chi connectivity index (χ0v) is 17.5. The van der Waals surface area contributed by atoms with E-state index in [4.69, 9.17) is 40.2 Å². The summed E-state index contributed by atoms with van der Waals surface area (Å²) < 4.78 is 4.97. The van der Waals surface area contributed by atoms with Crippen molar-refractivity contribution in [3.8, 4) is 16.2 Å². The smallest absolute Gasteiger partial charge is 0.186 e. The molecule has 0 saturated heterocycles. The molecule has 0 radical (unpaired) electrons. The number of aromatic hydroxyl groups is 1. The van der Waals surface area contributed by atoms with Crippen LogP contribution in [0.5, 0.6) is 5.75 Å². The summed E-state index contributed by atoms with van der Waals surface area (Å²) in [5.41, 5.74) is 4.82. The number of nitrogens with zero attached hydrogens (tertiary/aromatic N) is 1. The van der Waals surface area contributed by atoms with Gasteiger partial charge in [-0.3, -0.25) is 5.43 Å². The van der Waals surface area contributed by atoms with Gasteiger partial charge in [0.1, 0.15) is 5.75 Å². The van der Waals surface area contributed by atoms with Crippen LogP contribution in [0.4, 0.5) is 0 Å². The number of benzene rings is 1. The van der Waals surface area contributed by atoms with Gasteiger partial charge in [-0.25, -0.2) is 0 Å². The van der Waals surface area contributed by atoms with Crippen molar-refractivity contribution in [3.63, 3.8) is 0 Å². The Kier molecular flexibility index (Phi) is 8.12. The van der Waals surface area contributed by atoms with Gasteiger partial charge in [-0.15, -0.1) is 11.3 Å². The van der Waals surface area contributed by atoms with Gasteiger partial charge < -0.3 is 15.2 Å². The highest BCUT2D eigenvalue weighted by molar-refractivity contribution is 7.80. The van der Waals surface area contributed by atoms with Gasteiger partial charge in [0.2, 0.25) is 0 Å². The van der Waals surface area contributed by atoms with Gasteiger partial charge in [0, 0.05) is 25.6 Å². The summed E-state index contributed by atoms with van der Waals surface area (Å²) in [4.78, 5) is 0.702. The molecule has 1 aromatic heterocycles. The first-order valence-corrected chi connectivity index (χ1v) is 9.81. The Morgan fingerprint density at radius 3 is 2.81 bits per heavy atom. The number of hydrazone groups is 1. The molecule has 9 heteroatoms. The molecule has 3 N–H and O–H groups in total. The van der Waals surface area contributed by atoms with E-state index in [1.807, 2.05) is 11.4 Å². The summed E-state index contributed by atoms with van der Waals surface area (Å²) in [6.45, 7) is 3.15. The van der Waals surface area contributed by atoms with Crippen molar-refractivity contribution in [1.82, 2.24) is 10.7 Å². The van der Waals surface area contributed by atoms with E-state index in [2.05, 4.69) is 15.8 Å². The number of thiocarbonyl (C=S) groups is 1. The van der Waals surface area contributed by atoms with Gasteiger partial charge in [0.15, 0.2) is 5.11 Å². The fourth-order valence-corrected chi connectivity index (χ4v) is 3.55. The van der Waals surface area contributed by atoms with Crippen LogP contribution in [0.2, 0.25) is 10.0 Å². The van der Waals surface area contributed by atoms with Crippen molar-refractivity contribution in [1.29, 1.82) is 0 Å². The predicted octanol–water partition coefficient (Wildman–Crippen LogP) is 4.65. The van der Waals surface area contributed by atoms with E-state index >= 15 is 0 Å². The molecule has 0 aliphatic carbocycles. The molecule has 0 atom stereocenters. The van der Waals surface area contributed by atoms with Crippen molar-refractivity contribution in [2.75, 3.05) is 20.3 Å². The number of hydrogen-bond donors (Lipinski definition) is 3. The normalized spacial score (nSPS) is 11.5. The second-order valence-electron chi connectivity index (χ2n) is 5.37. The quantitative estimate of drug-likeness (QED) is 0.257. The van der Waals surface area contributed by atoms with Gasteiger partial charge >= 0.3 is 0 Å². The van der Waals surface area contributed by atoms with Crippen molar-refractivity contribution in [2.24, 2.45) is 5.10 Å². The molecule has 26 heavy (non-hydrogen) atoms. The van der Waals surface area contributed by atoms with E-state index in [-0.39, 0.29) is 5.75 Å². The van der Waals surface area contributed by atoms with E-state index in [1.54, 1.807) is 26.2 Å². The maximum Gasteiger partial charge on any atom is 0.186 e. The second kappa shape index (κ2) is 10.1. The summed E-state index contributed by atoms with van der Waals surface area (Å²) in [5, 5.41) is 21.0. The van der Waals surface area contributed by atoms with Crippen LogP contribution in [-0.2, 0) is 4.74 Å². The summed E-state index contributed by atoms with van der Waals surface area (Å²) in [7, 11) is 1.66. The van der Waals surface area contributed by atoms with Gasteiger partial charge in [-0.05, 0) is 43.3 Å². The van der Waals surface area contributed by atoms with Crippen LogP contribution >= 0.6 is 46.8 Å². The molecule has 0 amide bonds. The fourth-order valence-electron chi connectivity index (χ4n) is 2.10. The van der Waals surface area contributed by atoms with Crippen LogP contribution in [0.3, 0.4) is 0 Å². The summed E-state index contributed by atoms with van der Waals surface area (Å²) in [5.74, 6) is 0.149. The Morgan fingerprint density at radius 2 is 2.12 bits per heavy atom. The van der Waals surface area contributed by atoms with Gasteiger partial charge in [0.25, 0.3) is 0 Å². The third kappa shape index (κ3) is 5.56. The fraction of sp³-hybridized carbons (Fsp3) is 0.294. The minimum atomic E-state index is 0.149. The largest absolute Gasteiger partial charge is 0.506 e. The molecule has 140 valence electrons. The van der Waals surface area contributed by atoms with E-state index < -0.39 is 0 Å². The lowest BCUT2D eigenvalue weighted by Gasteiger charge is -2.07. The molecular weight excluding hydrogens is 413 g/mol. The Labute approximate surface area is 172 Å². The molecule has 1 heterocycles. The highest BCUT2D eigenvalue weighted by Crippen LogP contribution is 2.40. The Balaban J connectivity index is 2.05. The number of hydrogen-bond acceptors (Lipinski definition) is 5. The lowest BCUT2D eigenvalue weighted by molar-refractivity contribution is 0.195. The van der Waals surface area contributed by atoms with Crippen LogP contribution < -0.4 is 10.7 Å². The van der Waals surface area contributed by atoms with Gasteiger partial charge in [-0.2, -0.15) is 5.10 Å². The van der Waals surface area contributed by atoms with Crippen LogP contribution in [-0.4, -0.2) is 36.2 Å². The molecule has 0 unspecified atom stereocenters. The van der Waals surface area contributed by atoms with E-state index in [9.17, 15) is 5.11 Å². The third-order valence-corrected chi connectivity index (χ3v) is 5.47. The molecule has 0 saturated carbocycles.